The number of rotatable bonds is 10. The van der Waals surface area contributed by atoms with Crippen LogP contribution in [-0.4, -0.2) is 73.6 Å². The van der Waals surface area contributed by atoms with Crippen LogP contribution in [0.1, 0.15) is 61.8 Å². The van der Waals surface area contributed by atoms with Gasteiger partial charge in [0.2, 0.25) is 0 Å². The van der Waals surface area contributed by atoms with Crippen LogP contribution < -0.4 is 8.61 Å². The number of hydrogen-bond acceptors (Lipinski definition) is 8. The van der Waals surface area contributed by atoms with Crippen LogP contribution in [0, 0.1) is 11.6 Å². The number of aliphatic carboxylic acids is 2. The van der Waals surface area contributed by atoms with Crippen molar-refractivity contribution in [3.8, 4) is 0 Å². The maximum Gasteiger partial charge on any atom is 0.421 e. The zero-order chi connectivity index (χ0) is 46.4. The smallest absolute Gasteiger partial charge is 0.421 e. The van der Waals surface area contributed by atoms with E-state index in [1.807, 2.05) is 0 Å². The maximum atomic E-state index is 13.3. The number of carboxylic acid groups (broad SMARTS) is 2. The van der Waals surface area contributed by atoms with Gasteiger partial charge in [-0.15, -0.1) is 0 Å². The first-order chi connectivity index (χ1) is 28.5. The van der Waals surface area contributed by atoms with Crippen LogP contribution in [-0.2, 0) is 53.7 Å². The van der Waals surface area contributed by atoms with Gasteiger partial charge in [-0.25, -0.2) is 25.6 Å². The molecule has 62 heavy (non-hydrogen) atoms. The summed E-state index contributed by atoms with van der Waals surface area (Å²) in [5, 5.41) is 38.3. The molecule has 0 radical (unpaired) electrons. The lowest BCUT2D eigenvalue weighted by Gasteiger charge is -2.38. The second kappa shape index (κ2) is 17.1. The summed E-state index contributed by atoms with van der Waals surface area (Å²) in [5.74, 6) is -3.83. The molecule has 0 amide bonds. The van der Waals surface area contributed by atoms with Gasteiger partial charge in [-0.1, -0.05) is 24.3 Å². The zero-order valence-corrected chi connectivity index (χ0v) is 34.1. The Morgan fingerprint density at radius 1 is 0.581 bits per heavy atom. The molecule has 0 saturated carbocycles. The Balaban J connectivity index is 0.000000234. The van der Waals surface area contributed by atoms with Gasteiger partial charge < -0.3 is 20.4 Å². The molecule has 22 heteroatoms. The number of halogens is 8. The first-order valence-corrected chi connectivity index (χ1v) is 21.3. The lowest BCUT2D eigenvalue weighted by Crippen LogP contribution is -2.45. The molecule has 336 valence electrons. The Morgan fingerprint density at radius 2 is 0.887 bits per heavy atom. The summed E-state index contributed by atoms with van der Waals surface area (Å²) >= 11 is 0. The fourth-order valence-electron chi connectivity index (χ4n) is 7.07. The second-order valence-corrected chi connectivity index (χ2v) is 18.5. The first-order valence-electron chi connectivity index (χ1n) is 18.4. The van der Waals surface area contributed by atoms with Gasteiger partial charge >= 0.3 is 24.3 Å². The Morgan fingerprint density at radius 3 is 1.16 bits per heavy atom. The normalized spacial score (nSPS) is 18.9. The highest BCUT2D eigenvalue weighted by Crippen LogP contribution is 2.45. The molecule has 2 aliphatic rings. The van der Waals surface area contributed by atoms with E-state index in [0.29, 0.717) is 13.8 Å². The van der Waals surface area contributed by atoms with Gasteiger partial charge in [-0.2, -0.15) is 26.3 Å². The highest BCUT2D eigenvalue weighted by molar-refractivity contribution is 7.93. The van der Waals surface area contributed by atoms with E-state index in [-0.39, 0.29) is 58.0 Å². The minimum atomic E-state index is -4.96. The number of anilines is 2. The van der Waals surface area contributed by atoms with Crippen LogP contribution in [0.15, 0.2) is 94.7 Å². The van der Waals surface area contributed by atoms with E-state index >= 15 is 0 Å². The molecular formula is C40H38F8N2O10S2. The average Bonchev–Trinajstić information content (AvgIpc) is 3.16. The molecule has 4 aromatic carbocycles. The van der Waals surface area contributed by atoms with Crippen molar-refractivity contribution in [2.45, 2.75) is 97.8 Å². The van der Waals surface area contributed by atoms with Crippen molar-refractivity contribution in [2.75, 3.05) is 8.61 Å². The summed E-state index contributed by atoms with van der Waals surface area (Å²) in [6.45, 7) is 1.19. The van der Waals surface area contributed by atoms with Crippen LogP contribution in [0.5, 0.6) is 0 Å². The molecule has 4 aromatic rings. The Bertz CT molecular complexity index is 2370. The number of carboxylic acids is 2. The summed E-state index contributed by atoms with van der Waals surface area (Å²) in [6.07, 6.45) is -10.7. The zero-order valence-electron chi connectivity index (χ0n) is 32.5. The van der Waals surface area contributed by atoms with E-state index < -0.39 is 103 Å². The molecule has 4 atom stereocenters. The fraction of sp³-hybridized carbons (Fsp3) is 0.350. The maximum absolute atomic E-state index is 13.3. The summed E-state index contributed by atoms with van der Waals surface area (Å²) in [7, 11) is -8.69. The number of benzene rings is 4. The predicted octanol–water partition coefficient (Wildman–Crippen LogP) is 7.16. The number of fused-ring (bicyclic) bond motifs is 2. The summed E-state index contributed by atoms with van der Waals surface area (Å²) in [5.41, 5.74) is -6.76. The van der Waals surface area contributed by atoms with Crippen molar-refractivity contribution in [3.63, 3.8) is 0 Å². The highest BCUT2D eigenvalue weighted by Gasteiger charge is 2.53. The number of hydrogen-bond donors (Lipinski definition) is 4. The van der Waals surface area contributed by atoms with Crippen molar-refractivity contribution < 1.29 is 82.0 Å². The molecule has 0 fully saturated rings. The summed E-state index contributed by atoms with van der Waals surface area (Å²) in [4.78, 5) is 22.0. The van der Waals surface area contributed by atoms with Crippen LogP contribution in [0.3, 0.4) is 0 Å². The van der Waals surface area contributed by atoms with Gasteiger partial charge in [0.25, 0.3) is 20.0 Å². The number of nitrogens with zero attached hydrogens (tertiary/aromatic N) is 2. The molecule has 0 aromatic heterocycles. The molecule has 4 N–H and O–H groups in total. The average molecular weight is 923 g/mol. The SMILES string of the molecule is CC(O)(c1ccc2c(c1)CC[C@@H](CC(=O)O)N2S(=O)(=O)c1ccc(F)cc1)C(F)(F)F.CC(O)(c1ccc2c(c1)CC[C@H](CC(=O)O)N2S(=O)(=O)c1ccc(F)cc1)C(F)(F)F. The van der Waals surface area contributed by atoms with Crippen LogP contribution in [0.4, 0.5) is 46.5 Å². The topological polar surface area (TPSA) is 190 Å². The third kappa shape index (κ3) is 9.52. The second-order valence-electron chi connectivity index (χ2n) is 14.9. The molecule has 0 spiro atoms. The number of aliphatic hydroxyl groups is 2. The standard InChI is InChI=1S/2C20H19F4NO5S/c2*1-19(28,20(22,23)24)13-3-9-17-12(10-13)2-6-15(11-18(26)27)25(17)31(29,30)16-7-4-14(21)5-8-16/h2*3-5,7-10,15,28H,2,6,11H2,1H3,(H,26,27)/t2*15-,19?/m10/s1. The lowest BCUT2D eigenvalue weighted by molar-refractivity contribution is -0.259. The van der Waals surface area contributed by atoms with Crippen molar-refractivity contribution in [1.29, 1.82) is 0 Å². The van der Waals surface area contributed by atoms with Gasteiger partial charge in [0.1, 0.15) is 11.6 Å². The number of carbonyl (C=O) groups is 2. The summed E-state index contributed by atoms with van der Waals surface area (Å²) in [6, 6.07) is 12.2. The van der Waals surface area contributed by atoms with Crippen molar-refractivity contribution in [2.24, 2.45) is 0 Å². The van der Waals surface area contributed by atoms with E-state index in [4.69, 9.17) is 0 Å². The van der Waals surface area contributed by atoms with Gasteiger partial charge in [0.05, 0.1) is 46.1 Å². The molecule has 2 aliphatic heterocycles. The fourth-order valence-corrected chi connectivity index (χ4v) is 10.5. The minimum Gasteiger partial charge on any atom is -0.481 e. The third-order valence-corrected chi connectivity index (χ3v) is 14.3. The van der Waals surface area contributed by atoms with E-state index in [2.05, 4.69) is 0 Å². The Hall–Kier alpha value is -5.32. The molecule has 0 aliphatic carbocycles. The van der Waals surface area contributed by atoms with E-state index in [0.717, 1.165) is 93.5 Å². The van der Waals surface area contributed by atoms with Gasteiger partial charge in [0.15, 0.2) is 11.2 Å². The number of alkyl halides is 6. The van der Waals surface area contributed by atoms with Gasteiger partial charge in [-0.3, -0.25) is 18.2 Å². The minimum absolute atomic E-state index is 0.0172. The van der Waals surface area contributed by atoms with E-state index in [1.165, 1.54) is 0 Å². The highest BCUT2D eigenvalue weighted by atomic mass is 32.2. The van der Waals surface area contributed by atoms with Crippen LogP contribution in [0.2, 0.25) is 0 Å². The molecule has 2 unspecified atom stereocenters. The monoisotopic (exact) mass is 922 g/mol. The summed E-state index contributed by atoms with van der Waals surface area (Å²) < 4.78 is 161. The van der Waals surface area contributed by atoms with Crippen molar-refractivity contribution in [3.05, 3.63) is 119 Å². The van der Waals surface area contributed by atoms with Crippen molar-refractivity contribution in [1.82, 2.24) is 0 Å². The molecule has 0 saturated heterocycles. The van der Waals surface area contributed by atoms with E-state index in [9.17, 15) is 82.0 Å². The van der Waals surface area contributed by atoms with Gasteiger partial charge in [0, 0.05) is 0 Å². The van der Waals surface area contributed by atoms with Crippen molar-refractivity contribution >= 4 is 43.4 Å². The van der Waals surface area contributed by atoms with Gasteiger partial charge in [-0.05, 0) is 122 Å². The largest absolute Gasteiger partial charge is 0.481 e. The number of sulfonamides is 2. The molecule has 12 nitrogen and oxygen atoms in total. The molecular weight excluding hydrogens is 885 g/mol. The molecule has 2 heterocycles. The molecule has 6 rings (SSSR count). The predicted molar refractivity (Wildman–Crippen MR) is 205 cm³/mol. The Kier molecular flexibility index (Phi) is 13.2. The Labute approximate surface area is 349 Å². The van der Waals surface area contributed by atoms with Crippen LogP contribution >= 0.6 is 0 Å². The van der Waals surface area contributed by atoms with E-state index in [1.54, 1.807) is 0 Å². The quantitative estimate of drug-likeness (QED) is 0.119. The molecule has 0 bridgehead atoms. The first kappa shape index (κ1) is 47.7. The third-order valence-electron chi connectivity index (χ3n) is 10.6. The number of aryl methyl sites for hydroxylation is 2. The van der Waals surface area contributed by atoms with Crippen LogP contribution in [0.25, 0.3) is 0 Å². The lowest BCUT2D eigenvalue weighted by atomic mass is 9.89.